The van der Waals surface area contributed by atoms with Crippen LogP contribution in [-0.2, 0) is 10.8 Å². The van der Waals surface area contributed by atoms with E-state index in [2.05, 4.69) is 119 Å². The zero-order chi connectivity index (χ0) is 33.6. The molecule has 0 aliphatic carbocycles. The van der Waals surface area contributed by atoms with Crippen molar-refractivity contribution in [1.82, 2.24) is 19.5 Å². The molecule has 238 valence electrons. The number of hydrogen-bond acceptors (Lipinski definition) is 4. The molecule has 0 atom stereocenters. The molecule has 0 saturated heterocycles. The van der Waals surface area contributed by atoms with E-state index in [0.717, 1.165) is 61.4 Å². The number of benzene rings is 4. The minimum atomic E-state index is -0.274. The third-order valence-electron chi connectivity index (χ3n) is 8.95. The molecule has 3 heterocycles. The van der Waals surface area contributed by atoms with E-state index >= 15 is 0 Å². The first-order valence-corrected chi connectivity index (χ1v) is 16.4. The molecular formula is C43H40N4O. The molecular weight excluding hydrogens is 589 g/mol. The molecule has 3 aromatic heterocycles. The Balaban J connectivity index is 1.42. The Kier molecular flexibility index (Phi) is 7.71. The molecule has 0 bridgehead atoms. The normalized spacial score (nSPS) is 12.0. The van der Waals surface area contributed by atoms with Gasteiger partial charge in [-0.1, -0.05) is 120 Å². The average molecular weight is 629 g/mol. The first-order valence-electron chi connectivity index (χ1n) is 16.4. The molecule has 0 aliphatic rings. The maximum absolute atomic E-state index is 11.9. The average Bonchev–Trinajstić information content (AvgIpc) is 3.48. The number of pyridine rings is 2. The molecule has 0 saturated carbocycles. The smallest absolute Gasteiger partial charge is 0.149 e. The predicted molar refractivity (Wildman–Crippen MR) is 197 cm³/mol. The van der Waals surface area contributed by atoms with Crippen molar-refractivity contribution in [2.24, 2.45) is 0 Å². The van der Waals surface area contributed by atoms with Gasteiger partial charge in [0.1, 0.15) is 17.1 Å². The number of hydrogen-bond donors (Lipinski definition) is 1. The number of aromatic nitrogens is 4. The van der Waals surface area contributed by atoms with Crippen LogP contribution in [0.15, 0.2) is 128 Å². The number of aromatic hydroxyl groups is 1. The quantitative estimate of drug-likeness (QED) is 0.206. The summed E-state index contributed by atoms with van der Waals surface area (Å²) >= 11 is 0. The first-order chi connectivity index (χ1) is 23.0. The van der Waals surface area contributed by atoms with Crippen molar-refractivity contribution < 1.29 is 5.11 Å². The fourth-order valence-corrected chi connectivity index (χ4v) is 6.25. The topological polar surface area (TPSA) is 63.8 Å². The van der Waals surface area contributed by atoms with Crippen molar-refractivity contribution in [3.05, 3.63) is 139 Å². The molecule has 5 heteroatoms. The Hall–Kier alpha value is -5.55. The minimum Gasteiger partial charge on any atom is -0.507 e. The van der Waals surface area contributed by atoms with Crippen molar-refractivity contribution in [1.29, 1.82) is 0 Å². The summed E-state index contributed by atoms with van der Waals surface area (Å²) < 4.78 is 2.12. The molecule has 48 heavy (non-hydrogen) atoms. The second-order valence-electron chi connectivity index (χ2n) is 14.5. The molecule has 1 N–H and O–H groups in total. The van der Waals surface area contributed by atoms with Crippen LogP contribution in [0.5, 0.6) is 5.75 Å². The maximum atomic E-state index is 11.9. The summed E-state index contributed by atoms with van der Waals surface area (Å²) in [5.41, 5.74) is 11.0. The monoisotopic (exact) mass is 628 g/mol. The van der Waals surface area contributed by atoms with E-state index in [-0.39, 0.29) is 16.6 Å². The van der Waals surface area contributed by atoms with Crippen molar-refractivity contribution in [2.45, 2.75) is 52.4 Å². The first kappa shape index (κ1) is 31.1. The van der Waals surface area contributed by atoms with Crippen LogP contribution in [0.4, 0.5) is 0 Å². The number of rotatable bonds is 5. The number of fused-ring (bicyclic) bond motifs is 1. The van der Waals surface area contributed by atoms with Gasteiger partial charge in [0.2, 0.25) is 0 Å². The zero-order valence-electron chi connectivity index (χ0n) is 28.4. The Morgan fingerprint density at radius 1 is 0.583 bits per heavy atom. The second kappa shape index (κ2) is 11.9. The summed E-state index contributed by atoms with van der Waals surface area (Å²) in [7, 11) is 0. The summed E-state index contributed by atoms with van der Waals surface area (Å²) in [6, 6.07) is 37.3. The molecule has 0 aliphatic heterocycles. The number of para-hydroxylation sites is 1. The lowest BCUT2D eigenvalue weighted by molar-refractivity contribution is 0.446. The van der Waals surface area contributed by atoms with Crippen molar-refractivity contribution in [2.75, 3.05) is 0 Å². The molecule has 0 spiro atoms. The highest BCUT2D eigenvalue weighted by molar-refractivity contribution is 5.96. The van der Waals surface area contributed by atoms with Gasteiger partial charge in [-0.05, 0) is 57.9 Å². The molecule has 4 aromatic carbocycles. The third-order valence-corrected chi connectivity index (χ3v) is 8.95. The zero-order valence-corrected chi connectivity index (χ0v) is 28.4. The number of nitrogens with zero attached hydrogens (tertiary/aromatic N) is 4. The largest absolute Gasteiger partial charge is 0.507 e. The molecule has 0 fully saturated rings. The summed E-state index contributed by atoms with van der Waals surface area (Å²) in [5, 5.41) is 11.9. The van der Waals surface area contributed by atoms with Gasteiger partial charge >= 0.3 is 0 Å². The second-order valence-corrected chi connectivity index (χ2v) is 14.5. The highest BCUT2D eigenvalue weighted by Crippen LogP contribution is 2.44. The number of phenolic OH excluding ortho intramolecular Hbond substituents is 1. The maximum Gasteiger partial charge on any atom is 0.149 e. The molecule has 7 aromatic rings. The highest BCUT2D eigenvalue weighted by atomic mass is 16.3. The van der Waals surface area contributed by atoms with Crippen LogP contribution in [0.25, 0.3) is 61.6 Å². The summed E-state index contributed by atoms with van der Waals surface area (Å²) in [6.45, 7) is 13.0. The van der Waals surface area contributed by atoms with E-state index in [1.165, 1.54) is 0 Å². The van der Waals surface area contributed by atoms with Gasteiger partial charge in [0.15, 0.2) is 0 Å². The Morgan fingerprint density at radius 3 is 1.94 bits per heavy atom. The van der Waals surface area contributed by atoms with Gasteiger partial charge < -0.3 is 5.11 Å². The third kappa shape index (κ3) is 5.77. The lowest BCUT2D eigenvalue weighted by Gasteiger charge is -2.27. The minimum absolute atomic E-state index is 0.132. The Bertz CT molecular complexity index is 2240. The van der Waals surface area contributed by atoms with Crippen molar-refractivity contribution >= 4 is 11.0 Å². The van der Waals surface area contributed by atoms with Crippen LogP contribution < -0.4 is 0 Å². The van der Waals surface area contributed by atoms with E-state index in [1.807, 2.05) is 55.0 Å². The molecule has 7 rings (SSSR count). The van der Waals surface area contributed by atoms with Gasteiger partial charge in [0.05, 0.1) is 23.0 Å². The Morgan fingerprint density at radius 2 is 1.27 bits per heavy atom. The summed E-state index contributed by atoms with van der Waals surface area (Å²) in [4.78, 5) is 14.9. The van der Waals surface area contributed by atoms with Crippen molar-refractivity contribution in [3.63, 3.8) is 0 Å². The van der Waals surface area contributed by atoms with Crippen LogP contribution in [0, 0.1) is 0 Å². The number of phenols is 1. The molecule has 0 radical (unpaired) electrons. The molecule has 5 nitrogen and oxygen atoms in total. The summed E-state index contributed by atoms with van der Waals surface area (Å²) in [5.74, 6) is 0.929. The van der Waals surface area contributed by atoms with Crippen molar-refractivity contribution in [3.8, 4) is 56.3 Å². The Labute approximate surface area is 282 Å². The van der Waals surface area contributed by atoms with E-state index in [1.54, 1.807) is 0 Å². The standard InChI is InChI=1S/C43H40N4O/c1-42(2,3)32-23-34(40(48)36(24-32)43(4,5)6)41-46-39-35(26-44-27-38(39)47(41)33-18-11-8-12-19-33)29-16-13-17-30(22-29)37-21-20-31(25-45-37)28-14-9-7-10-15-28/h7-27,48H,1-6H3. The number of imidazole rings is 1. The van der Waals surface area contributed by atoms with Gasteiger partial charge in [-0.2, -0.15) is 0 Å². The fraction of sp³-hybridized carbons (Fsp3) is 0.186. The van der Waals surface area contributed by atoms with Gasteiger partial charge in [-0.15, -0.1) is 0 Å². The van der Waals surface area contributed by atoms with E-state index in [0.29, 0.717) is 11.4 Å². The van der Waals surface area contributed by atoms with Crippen LogP contribution in [-0.4, -0.2) is 24.6 Å². The van der Waals surface area contributed by atoms with Crippen LogP contribution in [0.2, 0.25) is 0 Å². The lowest BCUT2D eigenvalue weighted by atomic mass is 9.79. The van der Waals surface area contributed by atoms with Crippen LogP contribution in [0.3, 0.4) is 0 Å². The predicted octanol–water partition coefficient (Wildman–Crippen LogP) is 10.8. The van der Waals surface area contributed by atoms with E-state index < -0.39 is 0 Å². The van der Waals surface area contributed by atoms with Gasteiger partial charge in [-0.3, -0.25) is 14.5 Å². The summed E-state index contributed by atoms with van der Waals surface area (Å²) in [6.07, 6.45) is 5.67. The fourth-order valence-electron chi connectivity index (χ4n) is 6.25. The molecule has 0 amide bonds. The van der Waals surface area contributed by atoms with Crippen LogP contribution in [0.1, 0.15) is 52.7 Å². The van der Waals surface area contributed by atoms with Gasteiger partial charge in [-0.25, -0.2) is 4.98 Å². The van der Waals surface area contributed by atoms with Crippen LogP contribution >= 0.6 is 0 Å². The lowest BCUT2D eigenvalue weighted by Crippen LogP contribution is -2.17. The highest BCUT2D eigenvalue weighted by Gasteiger charge is 2.28. The van der Waals surface area contributed by atoms with E-state index in [9.17, 15) is 5.11 Å². The van der Waals surface area contributed by atoms with E-state index in [4.69, 9.17) is 15.0 Å². The SMILES string of the molecule is CC(C)(C)c1cc(-c2nc3c(-c4cccc(-c5ccc(-c6ccccc6)cn5)c4)cncc3n2-c2ccccc2)c(O)c(C(C)(C)C)c1. The van der Waals surface area contributed by atoms with Gasteiger partial charge in [0, 0.05) is 40.3 Å². The van der Waals surface area contributed by atoms with Gasteiger partial charge in [0.25, 0.3) is 0 Å². The molecule has 0 unspecified atom stereocenters.